The molecule has 7 rings (SSSR count). The summed E-state index contributed by atoms with van der Waals surface area (Å²) in [4.78, 5) is 53.2. The van der Waals surface area contributed by atoms with E-state index < -0.39 is 50.9 Å². The Bertz CT molecular complexity index is 2060. The quantitative estimate of drug-likeness (QED) is 0.305. The number of fused-ring (bicyclic) bond motifs is 3. The van der Waals surface area contributed by atoms with Crippen molar-refractivity contribution in [3.8, 4) is 22.2 Å². The first kappa shape index (κ1) is 37.2. The molecule has 53 heavy (non-hydrogen) atoms. The number of nitrogens with one attached hydrogen (secondary N) is 2. The average Bonchev–Trinajstić information content (AvgIpc) is 4.00. The normalized spacial score (nSPS) is 27.3. The first-order valence-electron chi connectivity index (χ1n) is 18.4. The SMILES string of the molecule is COc1ccc2c(O[C@@H]3C[C@H]4C(=O)N[C@]5(C(=O)NS(=O)(=O)C6CC6)C[C@H]5/C=C\CCCCO[C@H](C)C(=O)N4C3)cc(-c3nc(C(C)C)cs3)nc2c1C. The maximum atomic E-state index is 14.3. The number of carbonyl (C=O) groups is 3. The van der Waals surface area contributed by atoms with Crippen molar-refractivity contribution in [2.45, 2.75) is 108 Å². The largest absolute Gasteiger partial charge is 0.496 e. The van der Waals surface area contributed by atoms with Gasteiger partial charge in [0, 0.05) is 41.3 Å². The fourth-order valence-corrected chi connectivity index (χ4v) is 9.49. The minimum Gasteiger partial charge on any atom is -0.496 e. The molecule has 15 heteroatoms. The van der Waals surface area contributed by atoms with E-state index in [0.29, 0.717) is 42.2 Å². The number of aromatic nitrogens is 2. The minimum absolute atomic E-state index is 0.0895. The van der Waals surface area contributed by atoms with Crippen molar-refractivity contribution in [2.24, 2.45) is 5.92 Å². The molecule has 2 saturated carbocycles. The maximum Gasteiger partial charge on any atom is 0.259 e. The van der Waals surface area contributed by atoms with Crippen molar-refractivity contribution < 1.29 is 37.0 Å². The predicted molar refractivity (Wildman–Crippen MR) is 200 cm³/mol. The third-order valence-corrected chi connectivity index (χ3v) is 13.4. The van der Waals surface area contributed by atoms with E-state index in [-0.39, 0.29) is 37.1 Å². The van der Waals surface area contributed by atoms with Gasteiger partial charge < -0.3 is 24.4 Å². The molecule has 1 saturated heterocycles. The van der Waals surface area contributed by atoms with Crippen LogP contribution in [0.3, 0.4) is 0 Å². The van der Waals surface area contributed by atoms with E-state index in [1.54, 1.807) is 14.0 Å². The molecule has 2 aliphatic heterocycles. The molecule has 0 unspecified atom stereocenters. The summed E-state index contributed by atoms with van der Waals surface area (Å²) in [6.45, 7) is 8.25. The standard InChI is InChI=1S/C38H47N5O8S2/c1-21(2)29-20-52-35(40-29)28-17-32(27-13-14-31(49-5)22(3)33(27)39-28)51-25-16-30-34(44)41-38(37(46)42-53(47,48)26-11-12-26)18-24(38)10-8-6-7-9-15-50-23(4)36(45)43(30)19-25/h8,10,13-14,17,20-21,23-26,30H,6-7,9,11-12,15-16,18-19H2,1-5H3,(H,41,44)(H,42,46)/b10-8-/t23-,24-,25-,30+,38-/m1/s1. The van der Waals surface area contributed by atoms with E-state index in [9.17, 15) is 22.8 Å². The number of rotatable bonds is 8. The molecule has 1 aromatic carbocycles. The number of methoxy groups -OCH3 is 1. The summed E-state index contributed by atoms with van der Waals surface area (Å²) in [6.07, 6.45) is 6.05. The van der Waals surface area contributed by atoms with Gasteiger partial charge in [0.05, 0.1) is 30.1 Å². The van der Waals surface area contributed by atoms with Crippen LogP contribution in [0.4, 0.5) is 0 Å². The van der Waals surface area contributed by atoms with Gasteiger partial charge in [-0.3, -0.25) is 19.1 Å². The second-order valence-corrected chi connectivity index (χ2v) is 17.7. The fraction of sp³-hybridized carbons (Fsp3) is 0.553. The molecule has 13 nitrogen and oxygen atoms in total. The van der Waals surface area contributed by atoms with Gasteiger partial charge in [-0.15, -0.1) is 11.3 Å². The Kier molecular flexibility index (Phi) is 10.3. The summed E-state index contributed by atoms with van der Waals surface area (Å²) in [5.74, 6) is -0.608. The van der Waals surface area contributed by atoms with Crippen LogP contribution < -0.4 is 19.5 Å². The lowest BCUT2D eigenvalue weighted by Crippen LogP contribution is -2.57. The number of thiazole rings is 1. The van der Waals surface area contributed by atoms with Crippen LogP contribution >= 0.6 is 11.3 Å². The van der Waals surface area contributed by atoms with Gasteiger partial charge in [0.25, 0.3) is 11.8 Å². The minimum atomic E-state index is -3.85. The van der Waals surface area contributed by atoms with Crippen LogP contribution in [0.2, 0.25) is 0 Å². The maximum absolute atomic E-state index is 14.3. The van der Waals surface area contributed by atoms with Crippen LogP contribution in [-0.4, -0.2) is 90.3 Å². The van der Waals surface area contributed by atoms with Gasteiger partial charge in [0.2, 0.25) is 15.9 Å². The predicted octanol–water partition coefficient (Wildman–Crippen LogP) is 4.78. The van der Waals surface area contributed by atoms with Crippen molar-refractivity contribution in [1.29, 1.82) is 0 Å². The second kappa shape index (κ2) is 14.6. The number of pyridine rings is 1. The first-order chi connectivity index (χ1) is 25.3. The highest BCUT2D eigenvalue weighted by molar-refractivity contribution is 7.91. The van der Waals surface area contributed by atoms with Crippen molar-refractivity contribution in [1.82, 2.24) is 24.9 Å². The Morgan fingerprint density at radius 1 is 1.17 bits per heavy atom. The number of sulfonamides is 1. The summed E-state index contributed by atoms with van der Waals surface area (Å²) < 4.78 is 46.1. The number of ether oxygens (including phenoxy) is 3. The molecule has 3 amide bonds. The van der Waals surface area contributed by atoms with Gasteiger partial charge in [0.15, 0.2) is 0 Å². The topological polar surface area (TPSA) is 166 Å². The summed E-state index contributed by atoms with van der Waals surface area (Å²) >= 11 is 1.50. The smallest absolute Gasteiger partial charge is 0.259 e. The zero-order valence-electron chi connectivity index (χ0n) is 30.7. The Balaban J connectivity index is 1.21. The molecular weight excluding hydrogens is 719 g/mol. The van der Waals surface area contributed by atoms with Crippen LogP contribution in [0.5, 0.6) is 11.5 Å². The zero-order valence-corrected chi connectivity index (χ0v) is 32.3. The molecule has 2 aromatic heterocycles. The van der Waals surface area contributed by atoms with E-state index in [4.69, 9.17) is 24.2 Å². The van der Waals surface area contributed by atoms with E-state index in [1.807, 2.05) is 42.7 Å². The molecule has 3 aromatic rings. The average molecular weight is 766 g/mol. The molecule has 284 valence electrons. The number of carbonyl (C=O) groups excluding carboxylic acids is 3. The van der Waals surface area contributed by atoms with Crippen molar-refractivity contribution in [3.05, 3.63) is 47.0 Å². The highest BCUT2D eigenvalue weighted by Gasteiger charge is 2.62. The van der Waals surface area contributed by atoms with Crippen LogP contribution in [0.25, 0.3) is 21.6 Å². The number of amides is 3. The highest BCUT2D eigenvalue weighted by atomic mass is 32.2. The van der Waals surface area contributed by atoms with Gasteiger partial charge in [-0.1, -0.05) is 26.0 Å². The van der Waals surface area contributed by atoms with Gasteiger partial charge in [-0.25, -0.2) is 18.4 Å². The van der Waals surface area contributed by atoms with Gasteiger partial charge in [-0.05, 0) is 70.4 Å². The molecule has 0 spiro atoms. The molecule has 2 aliphatic carbocycles. The molecule has 2 N–H and O–H groups in total. The van der Waals surface area contributed by atoms with Gasteiger partial charge in [-0.2, -0.15) is 0 Å². The number of benzene rings is 1. The van der Waals surface area contributed by atoms with Crippen LogP contribution in [0, 0.1) is 12.8 Å². The van der Waals surface area contributed by atoms with Gasteiger partial charge >= 0.3 is 0 Å². The lowest BCUT2D eigenvalue weighted by Gasteiger charge is -2.28. The lowest BCUT2D eigenvalue weighted by molar-refractivity contribution is -0.147. The summed E-state index contributed by atoms with van der Waals surface area (Å²) in [7, 11) is -2.24. The van der Waals surface area contributed by atoms with Gasteiger partial charge in [0.1, 0.15) is 46.0 Å². The number of aryl methyl sites for hydroxylation is 1. The number of nitrogens with zero attached hydrogens (tertiary/aromatic N) is 3. The van der Waals surface area contributed by atoms with E-state index >= 15 is 0 Å². The van der Waals surface area contributed by atoms with E-state index in [0.717, 1.165) is 40.9 Å². The van der Waals surface area contributed by atoms with Crippen molar-refractivity contribution in [3.63, 3.8) is 0 Å². The Morgan fingerprint density at radius 3 is 2.68 bits per heavy atom. The molecule has 4 aliphatic rings. The zero-order chi connectivity index (χ0) is 37.7. The van der Waals surface area contributed by atoms with Crippen LogP contribution in [0.15, 0.2) is 35.7 Å². The number of hydrogen-bond acceptors (Lipinski definition) is 11. The first-order valence-corrected chi connectivity index (χ1v) is 20.8. The molecule has 0 bridgehead atoms. The Hall–Kier alpha value is -4.08. The Morgan fingerprint density at radius 2 is 1.96 bits per heavy atom. The third kappa shape index (κ3) is 7.52. The highest BCUT2D eigenvalue weighted by Crippen LogP contribution is 2.46. The molecule has 5 atom stereocenters. The Labute approximate surface area is 313 Å². The monoisotopic (exact) mass is 765 g/mol. The van der Waals surface area contributed by atoms with E-state index in [1.165, 1.54) is 16.2 Å². The number of allylic oxidation sites excluding steroid dienone is 1. The van der Waals surface area contributed by atoms with Crippen LogP contribution in [-0.2, 0) is 29.1 Å². The second-order valence-electron chi connectivity index (χ2n) is 14.9. The fourth-order valence-electron chi connectivity index (χ4n) is 7.19. The summed E-state index contributed by atoms with van der Waals surface area (Å²) in [5.41, 5.74) is 1.66. The van der Waals surface area contributed by atoms with Crippen molar-refractivity contribution >= 4 is 50.0 Å². The molecule has 3 fully saturated rings. The van der Waals surface area contributed by atoms with E-state index in [2.05, 4.69) is 23.9 Å². The summed E-state index contributed by atoms with van der Waals surface area (Å²) in [5, 5.41) is 5.82. The van der Waals surface area contributed by atoms with Crippen molar-refractivity contribution in [2.75, 3.05) is 20.3 Å². The lowest BCUT2D eigenvalue weighted by atomic mass is 10.1. The molecule has 4 heterocycles. The molecular formula is C38H47N5O8S2. The third-order valence-electron chi connectivity index (χ3n) is 10.7. The number of hydrogen-bond donors (Lipinski definition) is 2. The van der Waals surface area contributed by atoms with Crippen LogP contribution in [0.1, 0.15) is 82.9 Å². The summed E-state index contributed by atoms with van der Waals surface area (Å²) in [6, 6.07) is 4.59. The molecule has 0 radical (unpaired) electrons.